The van der Waals surface area contributed by atoms with Gasteiger partial charge in [-0.3, -0.25) is 4.90 Å². The Bertz CT molecular complexity index is 218. The predicted molar refractivity (Wildman–Crippen MR) is 81.1 cm³/mol. The predicted octanol–water partition coefficient (Wildman–Crippen LogP) is 3.20. The van der Waals surface area contributed by atoms with Crippen molar-refractivity contribution in [1.29, 1.82) is 0 Å². The van der Waals surface area contributed by atoms with Gasteiger partial charge in [-0.15, -0.1) is 13.2 Å². The summed E-state index contributed by atoms with van der Waals surface area (Å²) < 4.78 is 11.7. The fraction of sp³-hybridized carbons (Fsp3) is 0.714. The maximum absolute atomic E-state index is 5.83. The molecule has 4 heteroatoms. The maximum Gasteiger partial charge on any atom is 0.334 e. The molecule has 0 aliphatic rings. The fourth-order valence-corrected chi connectivity index (χ4v) is 4.44. The van der Waals surface area contributed by atoms with Gasteiger partial charge in [0.25, 0.3) is 0 Å². The van der Waals surface area contributed by atoms with Crippen LogP contribution in [0.25, 0.3) is 0 Å². The molecule has 0 atom stereocenters. The van der Waals surface area contributed by atoms with Crippen molar-refractivity contribution in [3.8, 4) is 0 Å². The molecule has 0 radical (unpaired) electrons. The van der Waals surface area contributed by atoms with E-state index < -0.39 is 8.56 Å². The Hall–Kier alpha value is -0.423. The Morgan fingerprint density at radius 1 is 1.06 bits per heavy atom. The summed E-state index contributed by atoms with van der Waals surface area (Å²) in [7, 11) is -1.94. The molecule has 3 nitrogen and oxygen atoms in total. The van der Waals surface area contributed by atoms with Crippen LogP contribution in [0.5, 0.6) is 0 Å². The summed E-state index contributed by atoms with van der Waals surface area (Å²) in [5.74, 6) is 0. The number of hydrogen-bond donors (Lipinski definition) is 0. The largest absolute Gasteiger partial charge is 0.395 e. The van der Waals surface area contributed by atoms with E-state index in [1.54, 1.807) is 0 Å². The molecule has 0 aliphatic heterocycles. The van der Waals surface area contributed by atoms with Crippen LogP contribution >= 0.6 is 0 Å². The molecule has 0 bridgehead atoms. The normalized spacial score (nSPS) is 11.8. The number of nitrogens with zero attached hydrogens (tertiary/aromatic N) is 1. The summed E-state index contributed by atoms with van der Waals surface area (Å²) in [5.41, 5.74) is 0. The third-order valence-electron chi connectivity index (χ3n) is 2.78. The molecule has 0 spiro atoms. The van der Waals surface area contributed by atoms with E-state index in [1.807, 2.05) is 26.0 Å². The monoisotopic (exact) mass is 271 g/mol. The Balaban J connectivity index is 4.08. The lowest BCUT2D eigenvalue weighted by molar-refractivity contribution is 0.186. The second kappa shape index (κ2) is 10.5. The Kier molecular flexibility index (Phi) is 10.2. The molecule has 0 unspecified atom stereocenters. The van der Waals surface area contributed by atoms with Crippen molar-refractivity contribution in [2.24, 2.45) is 0 Å². The van der Waals surface area contributed by atoms with Crippen LogP contribution in [0.1, 0.15) is 20.3 Å². The van der Waals surface area contributed by atoms with E-state index in [-0.39, 0.29) is 0 Å². The van der Waals surface area contributed by atoms with Crippen molar-refractivity contribution in [2.75, 3.05) is 32.8 Å². The quantitative estimate of drug-likeness (QED) is 0.402. The number of hydrogen-bond acceptors (Lipinski definition) is 3. The Morgan fingerprint density at radius 3 is 1.94 bits per heavy atom. The van der Waals surface area contributed by atoms with Crippen molar-refractivity contribution in [3.05, 3.63) is 25.3 Å². The highest BCUT2D eigenvalue weighted by Gasteiger charge is 2.29. The Labute approximate surface area is 114 Å². The molecule has 0 aromatic carbocycles. The fourth-order valence-electron chi connectivity index (χ4n) is 2.04. The van der Waals surface area contributed by atoms with Gasteiger partial charge < -0.3 is 8.85 Å². The van der Waals surface area contributed by atoms with Crippen LogP contribution in [0.3, 0.4) is 0 Å². The van der Waals surface area contributed by atoms with E-state index in [0.717, 1.165) is 45.3 Å². The van der Waals surface area contributed by atoms with Gasteiger partial charge in [0.05, 0.1) is 0 Å². The molecular formula is C14H29NO2Si. The van der Waals surface area contributed by atoms with E-state index in [9.17, 15) is 0 Å². The minimum absolute atomic E-state index is 0.742. The molecule has 0 heterocycles. The van der Waals surface area contributed by atoms with Crippen LogP contribution in [0, 0.1) is 0 Å². The van der Waals surface area contributed by atoms with Gasteiger partial charge in [-0.1, -0.05) is 12.2 Å². The van der Waals surface area contributed by atoms with Crippen LogP contribution in [0.15, 0.2) is 25.3 Å². The lowest BCUT2D eigenvalue weighted by Gasteiger charge is -2.27. The number of rotatable bonds is 12. The minimum Gasteiger partial charge on any atom is -0.395 e. The second-order valence-electron chi connectivity index (χ2n) is 4.44. The zero-order valence-electron chi connectivity index (χ0n) is 12.3. The highest BCUT2D eigenvalue weighted by molar-refractivity contribution is 6.66. The zero-order chi connectivity index (χ0) is 13.9. The molecule has 106 valence electrons. The van der Waals surface area contributed by atoms with Gasteiger partial charge in [-0.25, -0.2) is 0 Å². The highest BCUT2D eigenvalue weighted by Crippen LogP contribution is 2.16. The van der Waals surface area contributed by atoms with Gasteiger partial charge in [0.2, 0.25) is 0 Å². The molecular weight excluding hydrogens is 242 g/mol. The lowest BCUT2D eigenvalue weighted by atomic mass is 10.4. The molecule has 0 fully saturated rings. The molecule has 0 saturated heterocycles. The van der Waals surface area contributed by atoms with Gasteiger partial charge in [0, 0.05) is 26.3 Å². The first-order valence-electron chi connectivity index (χ1n) is 6.84. The zero-order valence-corrected chi connectivity index (χ0v) is 13.3. The average Bonchev–Trinajstić information content (AvgIpc) is 2.30. The molecule has 0 rings (SSSR count). The van der Waals surface area contributed by atoms with E-state index >= 15 is 0 Å². The first-order chi connectivity index (χ1) is 8.61. The molecule has 0 aliphatic carbocycles. The van der Waals surface area contributed by atoms with Crippen LogP contribution in [-0.2, 0) is 8.85 Å². The molecule has 0 aromatic heterocycles. The van der Waals surface area contributed by atoms with Crippen LogP contribution < -0.4 is 0 Å². The van der Waals surface area contributed by atoms with E-state index in [4.69, 9.17) is 8.85 Å². The first kappa shape index (κ1) is 17.6. The summed E-state index contributed by atoms with van der Waals surface area (Å²) in [5, 5.41) is 0. The third-order valence-corrected chi connectivity index (χ3v) is 5.84. The van der Waals surface area contributed by atoms with Gasteiger partial charge in [-0.05, 0) is 39.4 Å². The summed E-state index contributed by atoms with van der Waals surface area (Å²) in [4.78, 5) is 2.33. The smallest absolute Gasteiger partial charge is 0.334 e. The van der Waals surface area contributed by atoms with Crippen molar-refractivity contribution in [2.45, 2.75) is 32.9 Å². The van der Waals surface area contributed by atoms with Crippen molar-refractivity contribution < 1.29 is 8.85 Å². The highest BCUT2D eigenvalue weighted by atomic mass is 28.4. The van der Waals surface area contributed by atoms with E-state index in [0.29, 0.717) is 0 Å². The maximum atomic E-state index is 5.83. The van der Waals surface area contributed by atoms with Crippen LogP contribution in [0.4, 0.5) is 0 Å². The molecule has 0 amide bonds. The van der Waals surface area contributed by atoms with Crippen molar-refractivity contribution >= 4 is 8.56 Å². The van der Waals surface area contributed by atoms with Gasteiger partial charge in [0.15, 0.2) is 0 Å². The van der Waals surface area contributed by atoms with Crippen LogP contribution in [0.2, 0.25) is 12.6 Å². The Morgan fingerprint density at radius 2 is 1.56 bits per heavy atom. The second-order valence-corrected chi connectivity index (χ2v) is 7.79. The topological polar surface area (TPSA) is 21.7 Å². The summed E-state index contributed by atoms with van der Waals surface area (Å²) in [6.07, 6.45) is 4.97. The van der Waals surface area contributed by atoms with Crippen LogP contribution in [-0.4, -0.2) is 46.3 Å². The van der Waals surface area contributed by atoms with Crippen molar-refractivity contribution in [3.63, 3.8) is 0 Å². The minimum atomic E-state index is -1.94. The molecule has 18 heavy (non-hydrogen) atoms. The summed E-state index contributed by atoms with van der Waals surface area (Å²) in [6, 6.07) is 1.04. The van der Waals surface area contributed by atoms with Crippen molar-refractivity contribution in [1.82, 2.24) is 4.90 Å². The SMILES string of the molecule is C=CCN(CC=C)CCC[Si](C)(OCC)OCC. The molecule has 0 aromatic rings. The summed E-state index contributed by atoms with van der Waals surface area (Å²) in [6.45, 7) is 18.1. The van der Waals surface area contributed by atoms with E-state index in [1.165, 1.54) is 0 Å². The molecule has 0 saturated carbocycles. The average molecular weight is 271 g/mol. The first-order valence-corrected chi connectivity index (χ1v) is 9.36. The van der Waals surface area contributed by atoms with E-state index in [2.05, 4.69) is 24.6 Å². The van der Waals surface area contributed by atoms with Gasteiger partial charge in [0.1, 0.15) is 0 Å². The molecule has 0 N–H and O–H groups in total. The summed E-state index contributed by atoms with van der Waals surface area (Å²) >= 11 is 0. The van der Waals surface area contributed by atoms with Gasteiger partial charge >= 0.3 is 8.56 Å². The lowest BCUT2D eigenvalue weighted by Crippen LogP contribution is -2.39. The third kappa shape index (κ3) is 7.82. The van der Waals surface area contributed by atoms with Gasteiger partial charge in [-0.2, -0.15) is 0 Å². The standard InChI is InChI=1S/C14H29NO2Si/c1-6-11-15(12-7-2)13-10-14-18(5,16-8-3)17-9-4/h6-7H,1-2,8-14H2,3-5H3.